The lowest BCUT2D eigenvalue weighted by atomic mass is 10.1. The second-order valence-electron chi connectivity index (χ2n) is 5.27. The highest BCUT2D eigenvalue weighted by Gasteiger charge is 2.33. The fraction of sp³-hybridized carbons (Fsp3) is 0.917. The Balaban J connectivity index is 1.86. The summed E-state index contributed by atoms with van der Waals surface area (Å²) in [7, 11) is -3.16. The van der Waals surface area contributed by atoms with E-state index in [2.05, 4.69) is 4.72 Å². The van der Waals surface area contributed by atoms with Crippen LogP contribution in [0.15, 0.2) is 0 Å². The highest BCUT2D eigenvalue weighted by molar-refractivity contribution is 7.89. The van der Waals surface area contributed by atoms with E-state index in [1.54, 1.807) is 6.92 Å². The molecule has 2 fully saturated rings. The van der Waals surface area contributed by atoms with Crippen LogP contribution in [0, 0.1) is 5.92 Å². The molecule has 0 bridgehead atoms. The number of likely N-dealkylation sites (tertiary alicyclic amines) is 1. The third-order valence-corrected chi connectivity index (χ3v) is 5.38. The predicted octanol–water partition coefficient (Wildman–Crippen LogP) is 0.717. The summed E-state index contributed by atoms with van der Waals surface area (Å²) in [5.74, 6) is 0.511. The lowest BCUT2D eigenvalue weighted by Gasteiger charge is -2.20. The lowest BCUT2D eigenvalue weighted by molar-refractivity contribution is -0.134. The molecule has 1 N–H and O–H groups in total. The number of carbonyl (C=O) groups excluding carboxylic acids is 1. The van der Waals surface area contributed by atoms with E-state index in [4.69, 9.17) is 0 Å². The Kier molecular flexibility index (Phi) is 4.27. The average molecular weight is 274 g/mol. The van der Waals surface area contributed by atoms with Crippen LogP contribution in [0.25, 0.3) is 0 Å². The van der Waals surface area contributed by atoms with Crippen LogP contribution in [0.1, 0.15) is 39.0 Å². The number of hydrogen-bond donors (Lipinski definition) is 1. The van der Waals surface area contributed by atoms with E-state index in [-0.39, 0.29) is 23.6 Å². The highest BCUT2D eigenvalue weighted by atomic mass is 32.2. The van der Waals surface area contributed by atoms with E-state index in [0.717, 1.165) is 32.1 Å². The lowest BCUT2D eigenvalue weighted by Crippen LogP contribution is -2.40. The highest BCUT2D eigenvalue weighted by Crippen LogP contribution is 2.27. The van der Waals surface area contributed by atoms with Gasteiger partial charge in [0.1, 0.15) is 0 Å². The molecule has 0 aromatic heterocycles. The zero-order chi connectivity index (χ0) is 13.2. The zero-order valence-electron chi connectivity index (χ0n) is 10.9. The van der Waals surface area contributed by atoms with Gasteiger partial charge in [-0.15, -0.1) is 0 Å². The fourth-order valence-electron chi connectivity index (χ4n) is 2.82. The molecule has 1 amide bonds. The number of carbonyl (C=O) groups is 1. The molecule has 0 radical (unpaired) electrons. The van der Waals surface area contributed by atoms with E-state index in [9.17, 15) is 13.2 Å². The molecule has 1 aliphatic carbocycles. The van der Waals surface area contributed by atoms with Crippen molar-refractivity contribution in [2.75, 3.05) is 18.8 Å². The standard InChI is InChI=1S/C12H22N2O3S/c1-2-18(16,17)13-11-7-8-14(9-11)12(15)10-5-3-4-6-10/h10-11,13H,2-9H2,1H3. The number of nitrogens with zero attached hydrogens (tertiary/aromatic N) is 1. The molecule has 5 nitrogen and oxygen atoms in total. The first kappa shape index (κ1) is 13.8. The van der Waals surface area contributed by atoms with Gasteiger partial charge < -0.3 is 4.90 Å². The molecule has 6 heteroatoms. The minimum atomic E-state index is -3.16. The number of rotatable bonds is 4. The minimum absolute atomic E-state index is 0.0969. The largest absolute Gasteiger partial charge is 0.341 e. The van der Waals surface area contributed by atoms with Gasteiger partial charge in [0, 0.05) is 25.0 Å². The van der Waals surface area contributed by atoms with Crippen molar-refractivity contribution in [3.63, 3.8) is 0 Å². The van der Waals surface area contributed by atoms with Gasteiger partial charge in [-0.3, -0.25) is 4.79 Å². The van der Waals surface area contributed by atoms with Crippen LogP contribution in [0.3, 0.4) is 0 Å². The van der Waals surface area contributed by atoms with Crippen molar-refractivity contribution in [1.29, 1.82) is 0 Å². The molecule has 1 saturated carbocycles. The number of amides is 1. The minimum Gasteiger partial charge on any atom is -0.341 e. The van der Waals surface area contributed by atoms with Crippen LogP contribution in [0.5, 0.6) is 0 Å². The van der Waals surface area contributed by atoms with Crippen molar-refractivity contribution in [2.45, 2.75) is 45.1 Å². The molecular formula is C12H22N2O3S. The first-order valence-corrected chi connectivity index (χ1v) is 8.46. The van der Waals surface area contributed by atoms with Gasteiger partial charge in [-0.05, 0) is 26.2 Å². The summed E-state index contributed by atoms with van der Waals surface area (Å²) < 4.78 is 25.6. The summed E-state index contributed by atoms with van der Waals surface area (Å²) in [5, 5.41) is 0. The number of sulfonamides is 1. The van der Waals surface area contributed by atoms with E-state index in [1.807, 2.05) is 4.90 Å². The molecule has 1 atom stereocenters. The molecule has 2 rings (SSSR count). The van der Waals surface area contributed by atoms with Gasteiger partial charge in [-0.1, -0.05) is 12.8 Å². The van der Waals surface area contributed by atoms with Crippen molar-refractivity contribution in [3.8, 4) is 0 Å². The second kappa shape index (κ2) is 5.57. The average Bonchev–Trinajstić information content (AvgIpc) is 2.98. The van der Waals surface area contributed by atoms with Crippen molar-refractivity contribution in [3.05, 3.63) is 0 Å². The van der Waals surface area contributed by atoms with Gasteiger partial charge in [0.2, 0.25) is 15.9 Å². The zero-order valence-corrected chi connectivity index (χ0v) is 11.7. The Labute approximate surface area is 109 Å². The molecule has 2 aliphatic rings. The Hall–Kier alpha value is -0.620. The van der Waals surface area contributed by atoms with E-state index >= 15 is 0 Å². The van der Waals surface area contributed by atoms with Crippen LogP contribution in [-0.2, 0) is 14.8 Å². The Bertz CT molecular complexity index is 402. The van der Waals surface area contributed by atoms with Crippen LogP contribution >= 0.6 is 0 Å². The predicted molar refractivity (Wildman–Crippen MR) is 69.5 cm³/mol. The summed E-state index contributed by atoms with van der Waals surface area (Å²) in [6.45, 7) is 2.85. The third-order valence-electron chi connectivity index (χ3n) is 3.93. The maximum absolute atomic E-state index is 12.2. The van der Waals surface area contributed by atoms with Gasteiger partial charge >= 0.3 is 0 Å². The Morgan fingerprint density at radius 3 is 2.56 bits per heavy atom. The van der Waals surface area contributed by atoms with E-state index < -0.39 is 10.0 Å². The van der Waals surface area contributed by atoms with Crippen LogP contribution in [-0.4, -0.2) is 44.1 Å². The quantitative estimate of drug-likeness (QED) is 0.821. The van der Waals surface area contributed by atoms with Gasteiger partial charge in [0.05, 0.1) is 5.75 Å². The second-order valence-corrected chi connectivity index (χ2v) is 7.32. The molecule has 1 saturated heterocycles. The van der Waals surface area contributed by atoms with E-state index in [1.165, 1.54) is 0 Å². The summed E-state index contributed by atoms with van der Waals surface area (Å²) in [4.78, 5) is 14.0. The Morgan fingerprint density at radius 2 is 1.94 bits per heavy atom. The molecule has 1 unspecified atom stereocenters. The maximum Gasteiger partial charge on any atom is 0.225 e. The molecule has 0 spiro atoms. The normalized spacial score (nSPS) is 25.8. The summed E-state index contributed by atoms with van der Waals surface area (Å²) >= 11 is 0. The molecule has 1 heterocycles. The fourth-order valence-corrected chi connectivity index (χ4v) is 3.69. The van der Waals surface area contributed by atoms with Gasteiger partial charge in [-0.25, -0.2) is 13.1 Å². The monoisotopic (exact) mass is 274 g/mol. The SMILES string of the molecule is CCS(=O)(=O)NC1CCN(C(=O)C2CCCC2)C1. The van der Waals surface area contributed by atoms with Gasteiger partial charge in [-0.2, -0.15) is 0 Å². The topological polar surface area (TPSA) is 66.5 Å². The molecular weight excluding hydrogens is 252 g/mol. The van der Waals surface area contributed by atoms with Gasteiger partial charge in [0.25, 0.3) is 0 Å². The van der Waals surface area contributed by atoms with Crippen molar-refractivity contribution in [2.24, 2.45) is 5.92 Å². The van der Waals surface area contributed by atoms with Crippen molar-refractivity contribution < 1.29 is 13.2 Å². The van der Waals surface area contributed by atoms with Crippen LogP contribution in [0.4, 0.5) is 0 Å². The summed E-state index contributed by atoms with van der Waals surface area (Å²) in [6.07, 6.45) is 5.03. The van der Waals surface area contributed by atoms with E-state index in [0.29, 0.717) is 13.1 Å². The van der Waals surface area contributed by atoms with Crippen molar-refractivity contribution in [1.82, 2.24) is 9.62 Å². The molecule has 0 aromatic rings. The molecule has 1 aliphatic heterocycles. The number of nitrogens with one attached hydrogen (secondary N) is 1. The maximum atomic E-state index is 12.2. The van der Waals surface area contributed by atoms with Crippen LogP contribution < -0.4 is 4.72 Å². The molecule has 104 valence electrons. The molecule has 0 aromatic carbocycles. The first-order valence-electron chi connectivity index (χ1n) is 6.80. The first-order chi connectivity index (χ1) is 8.52. The smallest absolute Gasteiger partial charge is 0.225 e. The van der Waals surface area contributed by atoms with Crippen LogP contribution in [0.2, 0.25) is 0 Å². The van der Waals surface area contributed by atoms with Crippen molar-refractivity contribution >= 4 is 15.9 Å². The summed E-state index contributed by atoms with van der Waals surface area (Å²) in [5.41, 5.74) is 0. The third kappa shape index (κ3) is 3.23. The summed E-state index contributed by atoms with van der Waals surface area (Å²) in [6, 6.07) is -0.0969. The molecule has 18 heavy (non-hydrogen) atoms. The Morgan fingerprint density at radius 1 is 1.28 bits per heavy atom. The van der Waals surface area contributed by atoms with Gasteiger partial charge in [0.15, 0.2) is 0 Å². The number of hydrogen-bond acceptors (Lipinski definition) is 3.